The summed E-state index contributed by atoms with van der Waals surface area (Å²) in [5.74, 6) is 5.32. The highest BCUT2D eigenvalue weighted by Crippen LogP contribution is 2.17. The fraction of sp³-hybridized carbons (Fsp3) is 0.235. The van der Waals surface area contributed by atoms with Crippen molar-refractivity contribution in [2.24, 2.45) is 0 Å². The van der Waals surface area contributed by atoms with Gasteiger partial charge >= 0.3 is 0 Å². The number of rotatable bonds is 2. The smallest absolute Gasteiger partial charge is 0.236 e. The Morgan fingerprint density at radius 3 is 2.72 bits per heavy atom. The molecule has 2 rings (SSSR count). The maximum absolute atomic E-state index is 11.7. The van der Waals surface area contributed by atoms with Crippen LogP contribution in [0.1, 0.15) is 36.0 Å². The van der Waals surface area contributed by atoms with Gasteiger partial charge in [-0.05, 0) is 37.7 Å². The van der Waals surface area contributed by atoms with E-state index >= 15 is 0 Å². The van der Waals surface area contributed by atoms with Crippen molar-refractivity contribution >= 4 is 5.78 Å². The molecule has 0 atom stereocenters. The average molecular weight is 236 g/mol. The first-order valence-corrected chi connectivity index (χ1v) is 6.33. The Morgan fingerprint density at radius 1 is 1.17 bits per heavy atom. The lowest BCUT2D eigenvalue weighted by Crippen LogP contribution is -1.93. The van der Waals surface area contributed by atoms with Crippen LogP contribution < -0.4 is 0 Å². The first-order valence-electron chi connectivity index (χ1n) is 6.33. The lowest BCUT2D eigenvalue weighted by molar-refractivity contribution is 0.105. The SMILES string of the molecule is O=C(C#C/C=C/C1=CCCCC1)c1ccccc1. The zero-order chi connectivity index (χ0) is 12.6. The molecule has 0 amide bonds. The molecule has 18 heavy (non-hydrogen) atoms. The third-order valence-corrected chi connectivity index (χ3v) is 2.93. The number of allylic oxidation sites excluding steroid dienone is 4. The number of ketones is 1. The van der Waals surface area contributed by atoms with Crippen molar-refractivity contribution in [3.05, 3.63) is 59.7 Å². The Kier molecular flexibility index (Phi) is 4.55. The quantitative estimate of drug-likeness (QED) is 0.432. The molecule has 0 spiro atoms. The highest BCUT2D eigenvalue weighted by Gasteiger charge is 1.99. The van der Waals surface area contributed by atoms with Crippen molar-refractivity contribution in [1.29, 1.82) is 0 Å². The van der Waals surface area contributed by atoms with E-state index in [4.69, 9.17) is 0 Å². The molecular weight excluding hydrogens is 220 g/mol. The molecule has 0 fully saturated rings. The van der Waals surface area contributed by atoms with Gasteiger partial charge in [-0.2, -0.15) is 0 Å². The number of Topliss-reactive ketones (excluding diaryl/α,β-unsaturated/α-hetero) is 1. The summed E-state index contributed by atoms with van der Waals surface area (Å²) in [6.45, 7) is 0. The molecule has 0 saturated carbocycles. The predicted molar refractivity (Wildman–Crippen MR) is 74.2 cm³/mol. The van der Waals surface area contributed by atoms with Crippen LogP contribution in [0.3, 0.4) is 0 Å². The normalized spacial score (nSPS) is 14.8. The van der Waals surface area contributed by atoms with Crippen molar-refractivity contribution in [2.75, 3.05) is 0 Å². The molecule has 1 heteroatoms. The highest BCUT2D eigenvalue weighted by molar-refractivity contribution is 6.09. The predicted octanol–water partition coefficient (Wildman–Crippen LogP) is 3.93. The second kappa shape index (κ2) is 6.61. The Labute approximate surface area is 108 Å². The van der Waals surface area contributed by atoms with Gasteiger partial charge in [-0.15, -0.1) is 0 Å². The molecule has 1 aliphatic rings. The summed E-state index contributed by atoms with van der Waals surface area (Å²) < 4.78 is 0. The van der Waals surface area contributed by atoms with E-state index in [-0.39, 0.29) is 5.78 Å². The van der Waals surface area contributed by atoms with E-state index in [2.05, 4.69) is 17.9 Å². The van der Waals surface area contributed by atoms with Crippen LogP contribution in [-0.4, -0.2) is 5.78 Å². The molecule has 0 aromatic heterocycles. The van der Waals surface area contributed by atoms with Crippen molar-refractivity contribution in [3.63, 3.8) is 0 Å². The standard InChI is InChI=1S/C17H16O/c18-17(16-12-5-2-6-13-16)14-8-7-11-15-9-3-1-4-10-15/h2,5-7,9,11-13H,1,3-4,10H2/b11-7+. The summed E-state index contributed by atoms with van der Waals surface area (Å²) in [6, 6.07) is 9.14. The summed E-state index contributed by atoms with van der Waals surface area (Å²) >= 11 is 0. The largest absolute Gasteiger partial charge is 0.279 e. The Bertz CT molecular complexity index is 524. The molecule has 0 radical (unpaired) electrons. The van der Waals surface area contributed by atoms with Gasteiger partial charge < -0.3 is 0 Å². The van der Waals surface area contributed by atoms with Gasteiger partial charge in [0.05, 0.1) is 0 Å². The maximum Gasteiger partial charge on any atom is 0.236 e. The van der Waals surface area contributed by atoms with Crippen LogP contribution in [0.25, 0.3) is 0 Å². The first-order chi connectivity index (χ1) is 8.86. The summed E-state index contributed by atoms with van der Waals surface area (Å²) in [6.07, 6.45) is 10.9. The van der Waals surface area contributed by atoms with Crippen LogP contribution in [0, 0.1) is 11.8 Å². The van der Waals surface area contributed by atoms with Crippen LogP contribution in [0.4, 0.5) is 0 Å². The molecule has 1 aromatic carbocycles. The van der Waals surface area contributed by atoms with Gasteiger partial charge in [0.1, 0.15) is 0 Å². The van der Waals surface area contributed by atoms with Gasteiger partial charge in [-0.3, -0.25) is 4.79 Å². The minimum Gasteiger partial charge on any atom is -0.279 e. The highest BCUT2D eigenvalue weighted by atomic mass is 16.1. The van der Waals surface area contributed by atoms with Gasteiger partial charge in [0, 0.05) is 5.56 Å². The van der Waals surface area contributed by atoms with Gasteiger partial charge in [0.15, 0.2) is 0 Å². The molecule has 90 valence electrons. The molecule has 1 aromatic rings. The van der Waals surface area contributed by atoms with E-state index < -0.39 is 0 Å². The van der Waals surface area contributed by atoms with E-state index in [1.165, 1.54) is 18.4 Å². The fourth-order valence-electron chi connectivity index (χ4n) is 1.93. The van der Waals surface area contributed by atoms with E-state index in [0.29, 0.717) is 5.56 Å². The van der Waals surface area contributed by atoms with Crippen LogP contribution >= 0.6 is 0 Å². The lowest BCUT2D eigenvalue weighted by Gasteiger charge is -2.07. The molecular formula is C17H16O. The third-order valence-electron chi connectivity index (χ3n) is 2.93. The minimum absolute atomic E-state index is 0.127. The fourth-order valence-corrected chi connectivity index (χ4v) is 1.93. The molecule has 0 saturated heterocycles. The molecule has 0 aliphatic heterocycles. The van der Waals surface area contributed by atoms with Gasteiger partial charge in [0.25, 0.3) is 0 Å². The molecule has 1 nitrogen and oxygen atoms in total. The van der Waals surface area contributed by atoms with Gasteiger partial charge in [-0.25, -0.2) is 0 Å². The number of carbonyl (C=O) groups excluding carboxylic acids is 1. The molecule has 0 unspecified atom stereocenters. The summed E-state index contributed by atoms with van der Waals surface area (Å²) in [5, 5.41) is 0. The van der Waals surface area contributed by atoms with Crippen LogP contribution in [0.15, 0.2) is 54.1 Å². The van der Waals surface area contributed by atoms with E-state index in [0.717, 1.165) is 12.8 Å². The van der Waals surface area contributed by atoms with Crippen LogP contribution in [0.5, 0.6) is 0 Å². The Morgan fingerprint density at radius 2 is 2.00 bits per heavy atom. The van der Waals surface area contributed by atoms with Gasteiger partial charge in [-0.1, -0.05) is 54.0 Å². The maximum atomic E-state index is 11.7. The van der Waals surface area contributed by atoms with Gasteiger partial charge in [0.2, 0.25) is 5.78 Å². The van der Waals surface area contributed by atoms with Crippen molar-refractivity contribution in [3.8, 4) is 11.8 Å². The second-order valence-corrected chi connectivity index (χ2v) is 4.32. The van der Waals surface area contributed by atoms with E-state index in [9.17, 15) is 4.79 Å². The number of benzene rings is 1. The first kappa shape index (κ1) is 12.4. The number of hydrogen-bond donors (Lipinski definition) is 0. The molecule has 0 bridgehead atoms. The van der Waals surface area contributed by atoms with Crippen LogP contribution in [0.2, 0.25) is 0 Å². The molecule has 1 aliphatic carbocycles. The summed E-state index contributed by atoms with van der Waals surface area (Å²) in [5.41, 5.74) is 1.98. The monoisotopic (exact) mass is 236 g/mol. The summed E-state index contributed by atoms with van der Waals surface area (Å²) in [7, 11) is 0. The lowest BCUT2D eigenvalue weighted by atomic mass is 9.99. The zero-order valence-corrected chi connectivity index (χ0v) is 10.4. The minimum atomic E-state index is -0.127. The van der Waals surface area contributed by atoms with Crippen molar-refractivity contribution in [1.82, 2.24) is 0 Å². The molecule has 0 heterocycles. The topological polar surface area (TPSA) is 17.1 Å². The second-order valence-electron chi connectivity index (χ2n) is 4.32. The summed E-state index contributed by atoms with van der Waals surface area (Å²) in [4.78, 5) is 11.7. The Balaban J connectivity index is 1.94. The van der Waals surface area contributed by atoms with E-state index in [1.807, 2.05) is 24.3 Å². The average Bonchev–Trinajstić information content (AvgIpc) is 2.45. The zero-order valence-electron chi connectivity index (χ0n) is 10.4. The Hall–Kier alpha value is -2.07. The van der Waals surface area contributed by atoms with Crippen molar-refractivity contribution < 1.29 is 4.79 Å². The number of hydrogen-bond acceptors (Lipinski definition) is 1. The van der Waals surface area contributed by atoms with Crippen molar-refractivity contribution in [2.45, 2.75) is 25.7 Å². The number of carbonyl (C=O) groups is 1. The molecule has 0 N–H and O–H groups in total. The van der Waals surface area contributed by atoms with E-state index in [1.54, 1.807) is 18.2 Å². The van der Waals surface area contributed by atoms with Crippen LogP contribution in [-0.2, 0) is 0 Å². The third kappa shape index (κ3) is 3.75.